The van der Waals surface area contributed by atoms with Gasteiger partial charge in [-0.25, -0.2) is 4.98 Å². The molecule has 98 valence electrons. The van der Waals surface area contributed by atoms with Gasteiger partial charge in [0, 0.05) is 19.8 Å². The number of nitrogens with zero attached hydrogens (tertiary/aromatic N) is 1. The number of carbonyl (C=O) groups is 2. The van der Waals surface area contributed by atoms with Gasteiger partial charge >= 0.3 is 0 Å². The monoisotopic (exact) mass is 270 g/mol. The predicted octanol–water partition coefficient (Wildman–Crippen LogP) is 0.643. The first-order valence-corrected chi connectivity index (χ1v) is 5.84. The molecule has 1 aromatic heterocycles. The van der Waals surface area contributed by atoms with Crippen LogP contribution in [0.3, 0.4) is 0 Å². The Morgan fingerprint density at radius 3 is 2.78 bits per heavy atom. The number of pyridine rings is 1. The van der Waals surface area contributed by atoms with E-state index in [0.717, 1.165) is 0 Å². The van der Waals surface area contributed by atoms with Gasteiger partial charge in [0.1, 0.15) is 5.82 Å². The molecule has 0 radical (unpaired) electrons. The molecular formula is C11H15ClN4O2. The summed E-state index contributed by atoms with van der Waals surface area (Å²) in [6.07, 6.45) is 1.40. The summed E-state index contributed by atoms with van der Waals surface area (Å²) in [5.41, 5.74) is 0.284. The molecule has 0 saturated carbocycles. The number of carbonyl (C=O) groups excluding carboxylic acids is 2. The fraction of sp³-hybridized carbons (Fsp3) is 0.364. The lowest BCUT2D eigenvalue weighted by Gasteiger charge is -2.08. The fourth-order valence-corrected chi connectivity index (χ4v) is 1.42. The highest BCUT2D eigenvalue weighted by molar-refractivity contribution is 6.33. The van der Waals surface area contributed by atoms with Gasteiger partial charge < -0.3 is 16.0 Å². The van der Waals surface area contributed by atoms with Gasteiger partial charge in [-0.1, -0.05) is 11.6 Å². The number of hydrogen-bond donors (Lipinski definition) is 3. The molecule has 0 atom stereocenters. The van der Waals surface area contributed by atoms with Crippen molar-refractivity contribution in [2.45, 2.75) is 6.92 Å². The Bertz CT molecular complexity index is 451. The molecule has 1 rings (SSSR count). The Balaban J connectivity index is 2.77. The Labute approximate surface area is 110 Å². The van der Waals surface area contributed by atoms with Crippen molar-refractivity contribution in [2.75, 3.05) is 25.5 Å². The van der Waals surface area contributed by atoms with Gasteiger partial charge in [0.2, 0.25) is 5.91 Å². The van der Waals surface area contributed by atoms with E-state index in [1.807, 2.05) is 6.92 Å². The Morgan fingerprint density at radius 1 is 1.44 bits per heavy atom. The van der Waals surface area contributed by atoms with Crippen LogP contribution in [0.25, 0.3) is 0 Å². The van der Waals surface area contributed by atoms with Crippen LogP contribution in [-0.2, 0) is 4.79 Å². The van der Waals surface area contributed by atoms with Crippen molar-refractivity contribution < 1.29 is 9.59 Å². The maximum absolute atomic E-state index is 11.8. The maximum Gasteiger partial charge on any atom is 0.253 e. The van der Waals surface area contributed by atoms with Crippen molar-refractivity contribution in [3.05, 3.63) is 22.8 Å². The van der Waals surface area contributed by atoms with Crippen LogP contribution < -0.4 is 16.0 Å². The second-order valence-corrected chi connectivity index (χ2v) is 3.84. The van der Waals surface area contributed by atoms with Gasteiger partial charge in [-0.3, -0.25) is 9.59 Å². The Hall–Kier alpha value is -1.82. The van der Waals surface area contributed by atoms with Crippen molar-refractivity contribution in [3.63, 3.8) is 0 Å². The lowest BCUT2D eigenvalue weighted by atomic mass is 10.2. The summed E-state index contributed by atoms with van der Waals surface area (Å²) in [6.45, 7) is 2.51. The number of halogens is 1. The summed E-state index contributed by atoms with van der Waals surface area (Å²) in [5.74, 6) is -0.127. The lowest BCUT2D eigenvalue weighted by molar-refractivity contribution is -0.119. The molecule has 0 unspecified atom stereocenters. The molecular weight excluding hydrogens is 256 g/mol. The minimum atomic E-state index is -0.412. The first-order valence-electron chi connectivity index (χ1n) is 5.46. The molecule has 1 aromatic rings. The molecule has 18 heavy (non-hydrogen) atoms. The normalized spacial score (nSPS) is 9.72. The Morgan fingerprint density at radius 2 is 2.17 bits per heavy atom. The summed E-state index contributed by atoms with van der Waals surface area (Å²) in [7, 11) is 1.50. The minimum Gasteiger partial charge on any atom is -0.370 e. The molecule has 7 heteroatoms. The number of amides is 2. The summed E-state index contributed by atoms with van der Waals surface area (Å²) >= 11 is 5.89. The number of likely N-dealkylation sites (N-methyl/N-ethyl adjacent to an activating group) is 1. The van der Waals surface area contributed by atoms with Gasteiger partial charge in [0.15, 0.2) is 0 Å². The summed E-state index contributed by atoms with van der Waals surface area (Å²) < 4.78 is 0. The van der Waals surface area contributed by atoms with E-state index >= 15 is 0 Å². The maximum atomic E-state index is 11.8. The molecule has 0 fully saturated rings. The van der Waals surface area contributed by atoms with E-state index in [-0.39, 0.29) is 23.0 Å². The first-order chi connectivity index (χ1) is 8.58. The number of anilines is 1. The zero-order chi connectivity index (χ0) is 13.5. The molecule has 2 amide bonds. The fourth-order valence-electron chi connectivity index (χ4n) is 1.23. The van der Waals surface area contributed by atoms with Crippen molar-refractivity contribution in [1.29, 1.82) is 0 Å². The molecule has 0 aromatic carbocycles. The zero-order valence-corrected chi connectivity index (χ0v) is 11.0. The van der Waals surface area contributed by atoms with Gasteiger partial charge in [0.25, 0.3) is 5.91 Å². The summed E-state index contributed by atoms with van der Waals surface area (Å²) in [6, 6.07) is 1.55. The van der Waals surface area contributed by atoms with Crippen LogP contribution in [0.4, 0.5) is 5.82 Å². The number of rotatable bonds is 5. The van der Waals surface area contributed by atoms with E-state index in [9.17, 15) is 9.59 Å². The van der Waals surface area contributed by atoms with Crippen LogP contribution >= 0.6 is 11.6 Å². The van der Waals surface area contributed by atoms with E-state index in [2.05, 4.69) is 20.9 Å². The molecule has 0 bridgehead atoms. The quantitative estimate of drug-likeness (QED) is 0.733. The topological polar surface area (TPSA) is 83.1 Å². The minimum absolute atomic E-state index is 0.0927. The third kappa shape index (κ3) is 3.89. The van der Waals surface area contributed by atoms with Crippen LogP contribution in [0.15, 0.2) is 12.3 Å². The van der Waals surface area contributed by atoms with E-state index in [1.54, 1.807) is 6.07 Å². The molecule has 0 aliphatic carbocycles. The number of aromatic nitrogens is 1. The van der Waals surface area contributed by atoms with Crippen molar-refractivity contribution in [3.8, 4) is 0 Å². The van der Waals surface area contributed by atoms with Gasteiger partial charge in [0.05, 0.1) is 17.1 Å². The molecule has 6 nitrogen and oxygen atoms in total. The SMILES string of the molecule is CCNc1cc(C(=O)NCC(=O)NC)c(Cl)cn1. The average Bonchev–Trinajstić information content (AvgIpc) is 2.38. The van der Waals surface area contributed by atoms with Crippen LogP contribution in [-0.4, -0.2) is 36.9 Å². The second-order valence-electron chi connectivity index (χ2n) is 3.44. The third-order valence-electron chi connectivity index (χ3n) is 2.15. The summed E-state index contributed by atoms with van der Waals surface area (Å²) in [4.78, 5) is 26.8. The highest BCUT2D eigenvalue weighted by Crippen LogP contribution is 2.17. The summed E-state index contributed by atoms with van der Waals surface area (Å²) in [5, 5.41) is 8.09. The number of hydrogen-bond acceptors (Lipinski definition) is 4. The van der Waals surface area contributed by atoms with E-state index < -0.39 is 5.91 Å². The third-order valence-corrected chi connectivity index (χ3v) is 2.45. The average molecular weight is 271 g/mol. The predicted molar refractivity (Wildman–Crippen MR) is 69.8 cm³/mol. The highest BCUT2D eigenvalue weighted by atomic mass is 35.5. The van der Waals surface area contributed by atoms with Crippen molar-refractivity contribution >= 4 is 29.2 Å². The zero-order valence-electron chi connectivity index (χ0n) is 10.2. The van der Waals surface area contributed by atoms with Gasteiger partial charge in [-0.2, -0.15) is 0 Å². The van der Waals surface area contributed by atoms with E-state index in [1.165, 1.54) is 13.2 Å². The molecule has 1 heterocycles. The van der Waals surface area contributed by atoms with Crippen LogP contribution in [0.5, 0.6) is 0 Å². The van der Waals surface area contributed by atoms with Crippen molar-refractivity contribution in [2.24, 2.45) is 0 Å². The lowest BCUT2D eigenvalue weighted by Crippen LogP contribution is -2.35. The van der Waals surface area contributed by atoms with E-state index in [4.69, 9.17) is 11.6 Å². The smallest absolute Gasteiger partial charge is 0.253 e. The van der Waals surface area contributed by atoms with Gasteiger partial charge in [-0.15, -0.1) is 0 Å². The van der Waals surface area contributed by atoms with Crippen molar-refractivity contribution in [1.82, 2.24) is 15.6 Å². The number of nitrogens with one attached hydrogen (secondary N) is 3. The molecule has 0 spiro atoms. The molecule has 3 N–H and O–H groups in total. The highest BCUT2D eigenvalue weighted by Gasteiger charge is 2.12. The standard InChI is InChI=1S/C11H15ClN4O2/c1-3-14-9-4-7(8(12)5-15-9)11(18)16-6-10(17)13-2/h4-5H,3,6H2,1-2H3,(H,13,17)(H,14,15)(H,16,18). The van der Waals surface area contributed by atoms with Crippen LogP contribution in [0.1, 0.15) is 17.3 Å². The molecule has 0 aliphatic rings. The molecule has 0 aliphatic heterocycles. The first kappa shape index (κ1) is 14.2. The second kappa shape index (κ2) is 6.80. The van der Waals surface area contributed by atoms with Crippen LogP contribution in [0.2, 0.25) is 5.02 Å². The largest absolute Gasteiger partial charge is 0.370 e. The Kier molecular flexibility index (Phi) is 5.38. The van der Waals surface area contributed by atoms with E-state index in [0.29, 0.717) is 12.4 Å². The molecule has 0 saturated heterocycles. The van der Waals surface area contributed by atoms with Crippen LogP contribution in [0, 0.1) is 0 Å². The van der Waals surface area contributed by atoms with Gasteiger partial charge in [-0.05, 0) is 13.0 Å².